The normalized spacial score (nSPS) is 16.6. The Bertz CT molecular complexity index is 2200. The molecule has 1 aliphatic rings. The van der Waals surface area contributed by atoms with Crippen molar-refractivity contribution in [3.8, 4) is 23.0 Å². The number of rotatable bonds is 10. The molecular formula is C45H52N4O. The largest absolute Gasteiger partial charge is 0.457 e. The SMILES string of the molecule is CCc1ccnc(-n2c3ccccc3c3ccc(Oc4cc(C(C)C)cc(-n5nc(C)c([C@H]6C(C)=CCCC6C)c5CCC(C)C)c4)cc32)c1. The minimum atomic E-state index is 0.331. The van der Waals surface area contributed by atoms with Crippen LogP contribution in [0.3, 0.4) is 0 Å². The first-order valence-corrected chi connectivity index (χ1v) is 18.7. The predicted molar refractivity (Wildman–Crippen MR) is 208 cm³/mol. The maximum atomic E-state index is 6.81. The number of benzene rings is 3. The molecule has 5 nitrogen and oxygen atoms in total. The van der Waals surface area contributed by atoms with Gasteiger partial charge in [-0.15, -0.1) is 0 Å². The Kier molecular flexibility index (Phi) is 9.43. The highest BCUT2D eigenvalue weighted by Gasteiger charge is 2.31. The maximum absolute atomic E-state index is 6.81. The van der Waals surface area contributed by atoms with Crippen molar-refractivity contribution in [1.82, 2.24) is 19.3 Å². The molecule has 0 saturated heterocycles. The Labute approximate surface area is 298 Å². The Morgan fingerprint density at radius 2 is 1.68 bits per heavy atom. The van der Waals surface area contributed by atoms with E-state index in [1.165, 1.54) is 51.6 Å². The van der Waals surface area contributed by atoms with E-state index in [9.17, 15) is 0 Å². The van der Waals surface area contributed by atoms with E-state index in [4.69, 9.17) is 14.8 Å². The van der Waals surface area contributed by atoms with Gasteiger partial charge in [0.15, 0.2) is 0 Å². The zero-order valence-electron chi connectivity index (χ0n) is 31.1. The van der Waals surface area contributed by atoms with Gasteiger partial charge >= 0.3 is 0 Å². The van der Waals surface area contributed by atoms with Crippen LogP contribution in [0.25, 0.3) is 33.3 Å². The third kappa shape index (κ3) is 6.39. The summed E-state index contributed by atoms with van der Waals surface area (Å²) >= 11 is 0. The molecule has 5 heteroatoms. The molecule has 3 aromatic carbocycles. The molecule has 0 bridgehead atoms. The number of para-hydroxylation sites is 1. The summed E-state index contributed by atoms with van der Waals surface area (Å²) in [5, 5.41) is 7.69. The Morgan fingerprint density at radius 1 is 0.880 bits per heavy atom. The molecule has 0 amide bonds. The van der Waals surface area contributed by atoms with Gasteiger partial charge in [0.05, 0.1) is 22.4 Å². The fourth-order valence-corrected chi connectivity index (χ4v) is 8.02. The fraction of sp³-hybridized carbons (Fsp3) is 0.378. The summed E-state index contributed by atoms with van der Waals surface area (Å²) in [5.74, 6) is 4.50. The third-order valence-electron chi connectivity index (χ3n) is 10.8. The van der Waals surface area contributed by atoms with E-state index in [0.717, 1.165) is 59.0 Å². The molecule has 0 N–H and O–H groups in total. The van der Waals surface area contributed by atoms with Crippen LogP contribution in [0.4, 0.5) is 0 Å². The molecule has 0 radical (unpaired) electrons. The number of pyridine rings is 1. The van der Waals surface area contributed by atoms with Crippen molar-refractivity contribution in [2.24, 2.45) is 11.8 Å². The van der Waals surface area contributed by atoms with Gasteiger partial charge in [0.1, 0.15) is 17.3 Å². The lowest BCUT2D eigenvalue weighted by atomic mass is 9.75. The number of hydrogen-bond donors (Lipinski definition) is 0. The van der Waals surface area contributed by atoms with Crippen LogP contribution in [0.1, 0.15) is 108 Å². The van der Waals surface area contributed by atoms with Crippen LogP contribution in [-0.4, -0.2) is 19.3 Å². The van der Waals surface area contributed by atoms with Crippen molar-refractivity contribution in [1.29, 1.82) is 0 Å². The van der Waals surface area contributed by atoms with Crippen molar-refractivity contribution in [3.05, 3.63) is 119 Å². The molecule has 0 aliphatic heterocycles. The smallest absolute Gasteiger partial charge is 0.137 e. The average Bonchev–Trinajstić information content (AvgIpc) is 3.61. The first kappa shape index (κ1) is 33.8. The molecular weight excluding hydrogens is 613 g/mol. The molecule has 50 heavy (non-hydrogen) atoms. The van der Waals surface area contributed by atoms with Crippen LogP contribution < -0.4 is 4.74 Å². The number of fused-ring (bicyclic) bond motifs is 3. The van der Waals surface area contributed by atoms with Crippen LogP contribution >= 0.6 is 0 Å². The van der Waals surface area contributed by atoms with Crippen molar-refractivity contribution in [2.45, 2.75) is 99.3 Å². The Hall–Kier alpha value is -4.64. The van der Waals surface area contributed by atoms with E-state index in [1.807, 2.05) is 6.20 Å². The number of nitrogens with zero attached hydrogens (tertiary/aromatic N) is 4. The molecule has 7 rings (SSSR count). The van der Waals surface area contributed by atoms with Gasteiger partial charge in [0, 0.05) is 46.3 Å². The second-order valence-corrected chi connectivity index (χ2v) is 15.2. The number of aryl methyl sites for hydroxylation is 2. The van der Waals surface area contributed by atoms with Crippen LogP contribution in [0.2, 0.25) is 0 Å². The van der Waals surface area contributed by atoms with Crippen LogP contribution in [-0.2, 0) is 12.8 Å². The van der Waals surface area contributed by atoms with E-state index in [0.29, 0.717) is 23.7 Å². The van der Waals surface area contributed by atoms with Crippen LogP contribution in [0, 0.1) is 18.8 Å². The van der Waals surface area contributed by atoms with Crippen LogP contribution in [0.15, 0.2) is 90.6 Å². The van der Waals surface area contributed by atoms with Gasteiger partial charge in [0.25, 0.3) is 0 Å². The molecule has 1 aliphatic carbocycles. The van der Waals surface area contributed by atoms with Gasteiger partial charge in [-0.3, -0.25) is 4.57 Å². The molecule has 258 valence electrons. The molecule has 0 saturated carbocycles. The first-order chi connectivity index (χ1) is 24.1. The molecule has 3 aromatic heterocycles. The maximum Gasteiger partial charge on any atom is 0.137 e. The highest BCUT2D eigenvalue weighted by Crippen LogP contribution is 2.43. The second kappa shape index (κ2) is 13.9. The minimum absolute atomic E-state index is 0.331. The Balaban J connectivity index is 1.34. The van der Waals surface area contributed by atoms with E-state index >= 15 is 0 Å². The molecule has 1 unspecified atom stereocenters. The summed E-state index contributed by atoms with van der Waals surface area (Å²) < 4.78 is 11.3. The number of allylic oxidation sites excluding steroid dienone is 2. The molecule has 0 fully saturated rings. The summed E-state index contributed by atoms with van der Waals surface area (Å²) in [7, 11) is 0. The summed E-state index contributed by atoms with van der Waals surface area (Å²) in [6.07, 6.45) is 9.84. The minimum Gasteiger partial charge on any atom is -0.457 e. The van der Waals surface area contributed by atoms with Crippen LogP contribution in [0.5, 0.6) is 11.5 Å². The van der Waals surface area contributed by atoms with Gasteiger partial charge in [0.2, 0.25) is 0 Å². The summed E-state index contributed by atoms with van der Waals surface area (Å²) in [4.78, 5) is 4.81. The highest BCUT2D eigenvalue weighted by molar-refractivity contribution is 6.09. The predicted octanol–water partition coefficient (Wildman–Crippen LogP) is 12.2. The fourth-order valence-electron chi connectivity index (χ4n) is 8.02. The van der Waals surface area contributed by atoms with Crippen molar-refractivity contribution >= 4 is 21.8 Å². The van der Waals surface area contributed by atoms with E-state index in [-0.39, 0.29) is 0 Å². The zero-order valence-corrected chi connectivity index (χ0v) is 31.1. The van der Waals surface area contributed by atoms with Crippen molar-refractivity contribution in [3.63, 3.8) is 0 Å². The summed E-state index contributed by atoms with van der Waals surface area (Å²) in [5.41, 5.74) is 11.2. The molecule has 3 heterocycles. The monoisotopic (exact) mass is 664 g/mol. The van der Waals surface area contributed by atoms with Crippen molar-refractivity contribution < 1.29 is 4.74 Å². The van der Waals surface area contributed by atoms with Crippen molar-refractivity contribution in [2.75, 3.05) is 0 Å². The summed E-state index contributed by atoms with van der Waals surface area (Å²) in [6, 6.07) is 26.0. The number of aromatic nitrogens is 4. The molecule has 2 atom stereocenters. The molecule has 6 aromatic rings. The number of hydrogen-bond acceptors (Lipinski definition) is 3. The zero-order chi connectivity index (χ0) is 35.1. The quantitative estimate of drug-likeness (QED) is 0.137. The lowest BCUT2D eigenvalue weighted by Crippen LogP contribution is -2.18. The summed E-state index contributed by atoms with van der Waals surface area (Å²) in [6.45, 7) is 18.3. The average molecular weight is 665 g/mol. The van der Waals surface area contributed by atoms with Gasteiger partial charge in [-0.2, -0.15) is 5.10 Å². The van der Waals surface area contributed by atoms with E-state index in [1.54, 1.807) is 0 Å². The third-order valence-corrected chi connectivity index (χ3v) is 10.8. The topological polar surface area (TPSA) is 44.9 Å². The van der Waals surface area contributed by atoms with E-state index < -0.39 is 0 Å². The molecule has 0 spiro atoms. The standard InChI is InChI=1S/C45H52N4O/c1-9-33-21-22-46-43(23-33)48-40-16-11-10-15-38(40)39-19-18-36(27-42(39)48)50-37-25-34(29(4)5)24-35(26-37)49-41(20-17-28(2)3)45(32(8)47-49)44-30(6)13-12-14-31(44)7/h10-11,13,15-16,18-19,21-29,31,44H,9,12,14,17,20H2,1-8H3/t31?,44-/m0/s1. The number of ether oxygens (including phenoxy) is 1. The van der Waals surface area contributed by atoms with Gasteiger partial charge in [-0.1, -0.05) is 71.4 Å². The highest BCUT2D eigenvalue weighted by atomic mass is 16.5. The van der Waals surface area contributed by atoms with Gasteiger partial charge in [-0.05, 0) is 117 Å². The Morgan fingerprint density at radius 3 is 2.44 bits per heavy atom. The van der Waals surface area contributed by atoms with E-state index in [2.05, 4.69) is 144 Å². The lowest BCUT2D eigenvalue weighted by Gasteiger charge is -2.30. The van der Waals surface area contributed by atoms with Gasteiger partial charge in [-0.25, -0.2) is 9.67 Å². The lowest BCUT2D eigenvalue weighted by molar-refractivity contribution is 0.445. The second-order valence-electron chi connectivity index (χ2n) is 15.2. The van der Waals surface area contributed by atoms with Gasteiger partial charge < -0.3 is 4.74 Å². The first-order valence-electron chi connectivity index (χ1n) is 18.7.